The molecule has 3 rings (SSSR count). The highest BCUT2D eigenvalue weighted by Gasteiger charge is 2.16. The summed E-state index contributed by atoms with van der Waals surface area (Å²) in [5, 5.41) is 6.04. The summed E-state index contributed by atoms with van der Waals surface area (Å²) in [5.41, 5.74) is 4.22. The number of hydrogen-bond acceptors (Lipinski definition) is 4. The number of carbonyl (C=O) groups is 1. The molecular weight excluding hydrogens is 254 g/mol. The SMILES string of the molecule is CCc1nc2cc(NC(=O)C(C)=C3CNC3)ccc2o1. The average molecular weight is 271 g/mol. The van der Waals surface area contributed by atoms with Gasteiger partial charge in [-0.25, -0.2) is 4.98 Å². The Labute approximate surface area is 117 Å². The van der Waals surface area contributed by atoms with E-state index in [1.807, 2.05) is 32.0 Å². The van der Waals surface area contributed by atoms with Crippen molar-refractivity contribution in [2.75, 3.05) is 18.4 Å². The van der Waals surface area contributed by atoms with Crippen LogP contribution < -0.4 is 10.6 Å². The molecule has 0 atom stereocenters. The second kappa shape index (κ2) is 5.09. The molecule has 0 unspecified atom stereocenters. The van der Waals surface area contributed by atoms with Crippen LogP contribution >= 0.6 is 0 Å². The summed E-state index contributed by atoms with van der Waals surface area (Å²) < 4.78 is 5.55. The number of carbonyl (C=O) groups excluding carboxylic acids is 1. The highest BCUT2D eigenvalue weighted by Crippen LogP contribution is 2.21. The maximum Gasteiger partial charge on any atom is 0.251 e. The third-order valence-corrected chi connectivity index (χ3v) is 3.54. The van der Waals surface area contributed by atoms with E-state index in [1.54, 1.807) is 0 Å². The van der Waals surface area contributed by atoms with Gasteiger partial charge >= 0.3 is 0 Å². The van der Waals surface area contributed by atoms with Gasteiger partial charge in [-0.05, 0) is 30.7 Å². The van der Waals surface area contributed by atoms with Crippen LogP contribution in [0.4, 0.5) is 5.69 Å². The lowest BCUT2D eigenvalue weighted by atomic mass is 10.0. The first-order valence-corrected chi connectivity index (χ1v) is 6.77. The van der Waals surface area contributed by atoms with Crippen molar-refractivity contribution in [3.05, 3.63) is 35.2 Å². The van der Waals surface area contributed by atoms with E-state index < -0.39 is 0 Å². The molecule has 1 aliphatic heterocycles. The van der Waals surface area contributed by atoms with Gasteiger partial charge in [0, 0.05) is 30.8 Å². The molecule has 5 heteroatoms. The highest BCUT2D eigenvalue weighted by atomic mass is 16.3. The van der Waals surface area contributed by atoms with Gasteiger partial charge in [0.05, 0.1) is 0 Å². The second-order valence-electron chi connectivity index (χ2n) is 4.93. The Morgan fingerprint density at radius 1 is 1.45 bits per heavy atom. The van der Waals surface area contributed by atoms with E-state index in [-0.39, 0.29) is 5.91 Å². The number of rotatable bonds is 3. The van der Waals surface area contributed by atoms with Crippen molar-refractivity contribution < 1.29 is 9.21 Å². The minimum absolute atomic E-state index is 0.0555. The van der Waals surface area contributed by atoms with E-state index in [0.29, 0.717) is 5.89 Å². The smallest absolute Gasteiger partial charge is 0.251 e. The summed E-state index contributed by atoms with van der Waals surface area (Å²) in [6.07, 6.45) is 0.759. The van der Waals surface area contributed by atoms with E-state index in [9.17, 15) is 4.79 Å². The summed E-state index contributed by atoms with van der Waals surface area (Å²) in [7, 11) is 0. The van der Waals surface area contributed by atoms with Gasteiger partial charge in [0.15, 0.2) is 11.5 Å². The zero-order valence-corrected chi connectivity index (χ0v) is 11.6. The lowest BCUT2D eigenvalue weighted by Crippen LogP contribution is -2.36. The largest absolute Gasteiger partial charge is 0.441 e. The van der Waals surface area contributed by atoms with E-state index in [4.69, 9.17) is 4.42 Å². The van der Waals surface area contributed by atoms with Crippen molar-refractivity contribution in [3.63, 3.8) is 0 Å². The molecule has 1 aromatic heterocycles. The van der Waals surface area contributed by atoms with Crippen LogP contribution in [0.5, 0.6) is 0 Å². The van der Waals surface area contributed by atoms with Crippen molar-refractivity contribution in [1.29, 1.82) is 0 Å². The fraction of sp³-hybridized carbons (Fsp3) is 0.333. The number of aromatic nitrogens is 1. The Kier molecular flexibility index (Phi) is 3.28. The minimum Gasteiger partial charge on any atom is -0.441 e. The maximum absolute atomic E-state index is 12.1. The molecule has 1 saturated heterocycles. The number of hydrogen-bond donors (Lipinski definition) is 2. The van der Waals surface area contributed by atoms with Gasteiger partial charge in [-0.1, -0.05) is 6.92 Å². The van der Waals surface area contributed by atoms with Gasteiger partial charge in [0.25, 0.3) is 5.91 Å². The predicted molar refractivity (Wildman–Crippen MR) is 77.6 cm³/mol. The fourth-order valence-corrected chi connectivity index (χ4v) is 2.10. The van der Waals surface area contributed by atoms with Gasteiger partial charge in [-0.3, -0.25) is 4.79 Å². The standard InChI is InChI=1S/C15H17N3O2/c1-3-14-18-12-6-11(4-5-13(12)20-14)17-15(19)9(2)10-7-16-8-10/h4-6,16H,3,7-8H2,1-2H3,(H,17,19). The first kappa shape index (κ1) is 12.9. The quantitative estimate of drug-likeness (QED) is 0.840. The Bertz CT molecular complexity index is 694. The summed E-state index contributed by atoms with van der Waals surface area (Å²) in [5.74, 6) is 0.655. The van der Waals surface area contributed by atoms with E-state index in [1.165, 1.54) is 5.57 Å². The first-order chi connectivity index (χ1) is 9.67. The molecule has 2 aromatic rings. The van der Waals surface area contributed by atoms with Gasteiger partial charge in [0.2, 0.25) is 0 Å². The Hall–Kier alpha value is -2.14. The van der Waals surface area contributed by atoms with Crippen molar-refractivity contribution in [2.45, 2.75) is 20.3 Å². The topological polar surface area (TPSA) is 67.2 Å². The average Bonchev–Trinajstić information content (AvgIpc) is 2.78. The van der Waals surface area contributed by atoms with Crippen molar-refractivity contribution in [1.82, 2.24) is 10.3 Å². The summed E-state index contributed by atoms with van der Waals surface area (Å²) in [6, 6.07) is 5.51. The van der Waals surface area contributed by atoms with Crippen LogP contribution in [-0.4, -0.2) is 24.0 Å². The Morgan fingerprint density at radius 3 is 2.90 bits per heavy atom. The summed E-state index contributed by atoms with van der Waals surface area (Å²) in [6.45, 7) is 5.47. The minimum atomic E-state index is -0.0555. The molecule has 5 nitrogen and oxygen atoms in total. The number of oxazole rings is 1. The number of fused-ring (bicyclic) bond motifs is 1. The molecule has 0 radical (unpaired) electrons. The Balaban J connectivity index is 1.82. The molecule has 0 spiro atoms. The molecule has 0 saturated carbocycles. The van der Waals surface area contributed by atoms with Crippen molar-refractivity contribution >= 4 is 22.7 Å². The van der Waals surface area contributed by atoms with Crippen LogP contribution in [0, 0.1) is 0 Å². The van der Waals surface area contributed by atoms with Crippen LogP contribution in [0.15, 0.2) is 33.8 Å². The molecule has 104 valence electrons. The van der Waals surface area contributed by atoms with Crippen molar-refractivity contribution in [3.8, 4) is 0 Å². The summed E-state index contributed by atoms with van der Waals surface area (Å²) >= 11 is 0. The predicted octanol–water partition coefficient (Wildman–Crippen LogP) is 2.25. The van der Waals surface area contributed by atoms with Gasteiger partial charge in [0.1, 0.15) is 5.52 Å². The van der Waals surface area contributed by atoms with Crippen LogP contribution in [0.1, 0.15) is 19.7 Å². The molecule has 1 aromatic carbocycles. The van der Waals surface area contributed by atoms with Gasteiger partial charge in [-0.15, -0.1) is 0 Å². The van der Waals surface area contributed by atoms with Gasteiger partial charge in [-0.2, -0.15) is 0 Å². The van der Waals surface area contributed by atoms with Gasteiger partial charge < -0.3 is 15.1 Å². The molecule has 20 heavy (non-hydrogen) atoms. The molecule has 2 N–H and O–H groups in total. The summed E-state index contributed by atoms with van der Waals surface area (Å²) in [4.78, 5) is 16.5. The number of anilines is 1. The zero-order valence-electron chi connectivity index (χ0n) is 11.6. The molecule has 0 bridgehead atoms. The van der Waals surface area contributed by atoms with Crippen LogP contribution in [0.25, 0.3) is 11.1 Å². The fourth-order valence-electron chi connectivity index (χ4n) is 2.10. The number of amides is 1. The number of nitrogens with one attached hydrogen (secondary N) is 2. The molecule has 0 aliphatic carbocycles. The molecule has 1 fully saturated rings. The lowest BCUT2D eigenvalue weighted by Gasteiger charge is -2.21. The van der Waals surface area contributed by atoms with Crippen molar-refractivity contribution in [2.24, 2.45) is 0 Å². The molecule has 1 amide bonds. The van der Waals surface area contributed by atoms with Crippen LogP contribution in [0.2, 0.25) is 0 Å². The monoisotopic (exact) mass is 271 g/mol. The lowest BCUT2D eigenvalue weighted by molar-refractivity contribution is -0.112. The highest BCUT2D eigenvalue weighted by molar-refractivity contribution is 6.04. The number of aryl methyl sites for hydroxylation is 1. The molecule has 1 aliphatic rings. The third-order valence-electron chi connectivity index (χ3n) is 3.54. The molecule has 2 heterocycles. The second-order valence-corrected chi connectivity index (χ2v) is 4.93. The van der Waals surface area contributed by atoms with Crippen LogP contribution in [0.3, 0.4) is 0 Å². The maximum atomic E-state index is 12.1. The Morgan fingerprint density at radius 2 is 2.25 bits per heavy atom. The van der Waals surface area contributed by atoms with E-state index in [2.05, 4.69) is 15.6 Å². The van der Waals surface area contributed by atoms with Crippen LogP contribution in [-0.2, 0) is 11.2 Å². The normalized spacial score (nSPS) is 14.2. The number of benzene rings is 1. The number of nitrogens with zero attached hydrogens (tertiary/aromatic N) is 1. The van der Waals surface area contributed by atoms with E-state index in [0.717, 1.165) is 41.9 Å². The molecular formula is C15H17N3O2. The zero-order chi connectivity index (χ0) is 14.1. The first-order valence-electron chi connectivity index (χ1n) is 6.77. The van der Waals surface area contributed by atoms with E-state index >= 15 is 0 Å². The third kappa shape index (κ3) is 2.32.